The molecule has 0 spiro atoms. The molecule has 36 heavy (non-hydrogen) atoms. The number of anilines is 1. The summed E-state index contributed by atoms with van der Waals surface area (Å²) in [5.41, 5.74) is 7.37. The number of nitrogens with two attached hydrogens (primary N) is 1. The van der Waals surface area contributed by atoms with Crippen molar-refractivity contribution in [2.45, 2.75) is 50.7 Å². The summed E-state index contributed by atoms with van der Waals surface area (Å²) >= 11 is 0. The third-order valence-corrected chi connectivity index (χ3v) is 6.87. The zero-order valence-electron chi connectivity index (χ0n) is 20.4. The summed E-state index contributed by atoms with van der Waals surface area (Å²) < 4.78 is 34.7. The van der Waals surface area contributed by atoms with Crippen LogP contribution in [0, 0.1) is 17.6 Å². The molecule has 4 rings (SSSR count). The molecule has 1 saturated carbocycles. The highest BCUT2D eigenvalue weighted by molar-refractivity contribution is 6.35. The second-order valence-electron chi connectivity index (χ2n) is 9.23. The van der Waals surface area contributed by atoms with Crippen LogP contribution in [0.2, 0.25) is 0 Å². The Morgan fingerprint density at radius 3 is 2.72 bits per heavy atom. The third-order valence-electron chi connectivity index (χ3n) is 6.87. The molecule has 4 unspecified atom stereocenters. The fourth-order valence-corrected chi connectivity index (χ4v) is 5.27. The van der Waals surface area contributed by atoms with E-state index in [0.717, 1.165) is 37.0 Å². The van der Waals surface area contributed by atoms with E-state index < -0.39 is 17.5 Å². The summed E-state index contributed by atoms with van der Waals surface area (Å²) in [6.45, 7) is 2.14. The third kappa shape index (κ3) is 5.32. The molecule has 1 aliphatic carbocycles. The van der Waals surface area contributed by atoms with Gasteiger partial charge in [-0.3, -0.25) is 9.78 Å². The summed E-state index contributed by atoms with van der Waals surface area (Å²) in [4.78, 5) is 21.4. The normalized spacial score (nSPS) is 21.8. The molecule has 0 saturated heterocycles. The number of amides is 1. The molecule has 186 valence electrons. The first-order chi connectivity index (χ1) is 17.3. The molecule has 6 nitrogen and oxygen atoms in total. The van der Waals surface area contributed by atoms with Gasteiger partial charge in [0.25, 0.3) is 5.91 Å². The first-order valence-corrected chi connectivity index (χ1v) is 12.1. The molecule has 1 amide bonds. The minimum Gasteiger partial charge on any atom is -0.380 e. The van der Waals surface area contributed by atoms with Gasteiger partial charge in [0, 0.05) is 24.9 Å². The average molecular weight is 490 g/mol. The maximum absolute atomic E-state index is 14.6. The Labute approximate surface area is 211 Å². The number of carbonyl (C=O) groups is 1. The van der Waals surface area contributed by atoms with E-state index in [1.165, 1.54) is 18.2 Å². The van der Waals surface area contributed by atoms with Crippen LogP contribution in [0.3, 0.4) is 0 Å². The van der Waals surface area contributed by atoms with Gasteiger partial charge in [-0.1, -0.05) is 30.9 Å². The van der Waals surface area contributed by atoms with E-state index in [0.29, 0.717) is 18.0 Å². The largest absolute Gasteiger partial charge is 0.380 e. The summed E-state index contributed by atoms with van der Waals surface area (Å²) in [6, 6.07) is 8.11. The fraction of sp³-hybridized carbons (Fsp3) is 0.370. The molecule has 1 aromatic carbocycles. The lowest BCUT2D eigenvalue weighted by Crippen LogP contribution is -2.46. The predicted molar refractivity (Wildman–Crippen MR) is 136 cm³/mol. The van der Waals surface area contributed by atoms with Gasteiger partial charge in [-0.15, -0.1) is 0 Å². The minimum atomic E-state index is -0.781. The second kappa shape index (κ2) is 11.3. The molecular formula is C27H29BF2N4O2. The molecule has 3 aromatic rings. The first-order valence-electron chi connectivity index (χ1n) is 12.1. The molecule has 0 aliphatic heterocycles. The fourth-order valence-electron chi connectivity index (χ4n) is 5.27. The van der Waals surface area contributed by atoms with Crippen LogP contribution in [-0.4, -0.2) is 43.0 Å². The van der Waals surface area contributed by atoms with E-state index in [-0.39, 0.29) is 40.5 Å². The van der Waals surface area contributed by atoms with Crippen molar-refractivity contribution < 1.29 is 18.3 Å². The zero-order valence-corrected chi connectivity index (χ0v) is 20.4. The number of methoxy groups -OCH3 is 1. The highest BCUT2D eigenvalue weighted by Crippen LogP contribution is 2.41. The van der Waals surface area contributed by atoms with Crippen LogP contribution in [0.15, 0.2) is 48.8 Å². The van der Waals surface area contributed by atoms with Crippen molar-refractivity contribution in [1.82, 2.24) is 9.97 Å². The lowest BCUT2D eigenvalue weighted by atomic mass is 9.72. The SMILES string of the molecule is [B]c1cccc(F)c1-c1nc(C(=O)Nc2cnccc2C2CC(N)C(OC)C(CCC)C2)ccc1F. The Bertz CT molecular complexity index is 1220. The number of nitrogens with one attached hydrogen (secondary N) is 1. The smallest absolute Gasteiger partial charge is 0.274 e. The molecule has 2 radical (unpaired) electrons. The Kier molecular flexibility index (Phi) is 8.11. The molecule has 2 aromatic heterocycles. The molecule has 4 atom stereocenters. The van der Waals surface area contributed by atoms with Gasteiger partial charge >= 0.3 is 0 Å². The Morgan fingerprint density at radius 1 is 1.19 bits per heavy atom. The average Bonchev–Trinajstić information content (AvgIpc) is 2.85. The second-order valence-corrected chi connectivity index (χ2v) is 9.23. The maximum atomic E-state index is 14.6. The summed E-state index contributed by atoms with van der Waals surface area (Å²) in [5.74, 6) is -1.66. The molecule has 1 aliphatic rings. The summed E-state index contributed by atoms with van der Waals surface area (Å²) in [7, 11) is 7.56. The van der Waals surface area contributed by atoms with Crippen molar-refractivity contribution in [2.75, 3.05) is 12.4 Å². The molecule has 9 heteroatoms. The lowest BCUT2D eigenvalue weighted by molar-refractivity contribution is -0.000479. The van der Waals surface area contributed by atoms with Crippen molar-refractivity contribution in [1.29, 1.82) is 0 Å². The lowest BCUT2D eigenvalue weighted by Gasteiger charge is -2.40. The number of pyridine rings is 2. The van der Waals surface area contributed by atoms with Crippen molar-refractivity contribution in [3.63, 3.8) is 0 Å². The van der Waals surface area contributed by atoms with Gasteiger partial charge in [-0.2, -0.15) is 0 Å². The van der Waals surface area contributed by atoms with Gasteiger partial charge < -0.3 is 15.8 Å². The van der Waals surface area contributed by atoms with Crippen molar-refractivity contribution in [3.05, 3.63) is 71.7 Å². The number of benzene rings is 1. The Balaban J connectivity index is 1.61. The quantitative estimate of drug-likeness (QED) is 0.487. The number of hydrogen-bond acceptors (Lipinski definition) is 5. The van der Waals surface area contributed by atoms with Crippen molar-refractivity contribution >= 4 is 24.9 Å². The van der Waals surface area contributed by atoms with E-state index in [1.807, 2.05) is 6.07 Å². The van der Waals surface area contributed by atoms with Crippen LogP contribution in [0.1, 0.15) is 54.6 Å². The van der Waals surface area contributed by atoms with E-state index in [4.69, 9.17) is 18.3 Å². The summed E-state index contributed by atoms with van der Waals surface area (Å²) in [5, 5.41) is 2.85. The molecule has 2 heterocycles. The highest BCUT2D eigenvalue weighted by Gasteiger charge is 2.37. The minimum absolute atomic E-state index is 0.00580. The standard InChI is InChI=1S/C27H29BF2N4O2/c1-3-5-15-12-16(13-21(31)26(15)36-2)17-10-11-32-14-23(17)34-27(35)22-9-8-20(30)25(33-22)24-18(28)6-4-7-19(24)29/h4,6-11,14-16,21,26H,3,5,12-13,31H2,1-2H3,(H,34,35). The van der Waals surface area contributed by atoms with Gasteiger partial charge in [-0.05, 0) is 60.9 Å². The Hall–Kier alpha value is -3.17. The number of aromatic nitrogens is 2. The number of hydrogen-bond donors (Lipinski definition) is 2. The number of rotatable bonds is 7. The van der Waals surface area contributed by atoms with Gasteiger partial charge in [0.15, 0.2) is 0 Å². The van der Waals surface area contributed by atoms with Crippen LogP contribution >= 0.6 is 0 Å². The van der Waals surface area contributed by atoms with Gasteiger partial charge in [0.1, 0.15) is 30.9 Å². The summed E-state index contributed by atoms with van der Waals surface area (Å²) in [6.07, 6.45) is 6.86. The van der Waals surface area contributed by atoms with Crippen LogP contribution in [0.25, 0.3) is 11.3 Å². The topological polar surface area (TPSA) is 90.1 Å². The number of ether oxygens (including phenoxy) is 1. The number of nitrogens with zero attached hydrogens (tertiary/aromatic N) is 2. The maximum Gasteiger partial charge on any atom is 0.274 e. The van der Waals surface area contributed by atoms with E-state index in [9.17, 15) is 13.6 Å². The monoisotopic (exact) mass is 490 g/mol. The van der Waals surface area contributed by atoms with Crippen molar-refractivity contribution in [3.8, 4) is 11.3 Å². The molecular weight excluding hydrogens is 461 g/mol. The van der Waals surface area contributed by atoms with E-state index in [2.05, 4.69) is 22.2 Å². The molecule has 0 bridgehead atoms. The number of halogens is 2. The van der Waals surface area contributed by atoms with Gasteiger partial charge in [0.05, 0.1) is 18.0 Å². The Morgan fingerprint density at radius 2 is 2.00 bits per heavy atom. The van der Waals surface area contributed by atoms with Crippen LogP contribution < -0.4 is 16.5 Å². The van der Waals surface area contributed by atoms with Gasteiger partial charge in [0.2, 0.25) is 0 Å². The zero-order chi connectivity index (χ0) is 25.8. The van der Waals surface area contributed by atoms with Crippen molar-refractivity contribution in [2.24, 2.45) is 11.7 Å². The predicted octanol–water partition coefficient (Wildman–Crippen LogP) is 4.10. The van der Waals surface area contributed by atoms with Gasteiger partial charge in [-0.25, -0.2) is 13.8 Å². The first kappa shape index (κ1) is 25.9. The van der Waals surface area contributed by atoms with Crippen LogP contribution in [-0.2, 0) is 4.74 Å². The molecule has 1 fully saturated rings. The molecule has 3 N–H and O–H groups in total. The van der Waals surface area contributed by atoms with E-state index in [1.54, 1.807) is 19.5 Å². The van der Waals surface area contributed by atoms with Crippen LogP contribution in [0.4, 0.5) is 14.5 Å². The van der Waals surface area contributed by atoms with Crippen LogP contribution in [0.5, 0.6) is 0 Å². The number of carbonyl (C=O) groups excluding carboxylic acids is 1. The van der Waals surface area contributed by atoms with E-state index >= 15 is 0 Å². The highest BCUT2D eigenvalue weighted by atomic mass is 19.1.